The summed E-state index contributed by atoms with van der Waals surface area (Å²) in [6.45, 7) is 2.92. The number of hydrogen-bond donors (Lipinski definition) is 1. The third-order valence-electron chi connectivity index (χ3n) is 2.77. The molecular formula is C10H16N2OS. The van der Waals surface area contributed by atoms with E-state index in [0.29, 0.717) is 6.04 Å². The highest BCUT2D eigenvalue weighted by Crippen LogP contribution is 2.32. The van der Waals surface area contributed by atoms with Gasteiger partial charge in [0.15, 0.2) is 0 Å². The Morgan fingerprint density at radius 2 is 2.50 bits per heavy atom. The normalized spacial score (nSPS) is 25.5. The van der Waals surface area contributed by atoms with Crippen molar-refractivity contribution in [3.63, 3.8) is 0 Å². The van der Waals surface area contributed by atoms with Crippen molar-refractivity contribution in [2.24, 2.45) is 0 Å². The molecule has 1 N–H and O–H groups in total. The Morgan fingerprint density at radius 3 is 3.00 bits per heavy atom. The van der Waals surface area contributed by atoms with E-state index in [2.05, 4.69) is 16.9 Å². The van der Waals surface area contributed by atoms with Crippen LogP contribution in [0.5, 0.6) is 0 Å². The predicted molar refractivity (Wildman–Crippen MR) is 57.4 cm³/mol. The average Bonchev–Trinajstić information content (AvgIpc) is 2.71. The minimum atomic E-state index is -0.438. The zero-order valence-corrected chi connectivity index (χ0v) is 9.42. The van der Waals surface area contributed by atoms with E-state index in [9.17, 15) is 5.11 Å². The van der Waals surface area contributed by atoms with Gasteiger partial charge in [0.1, 0.15) is 5.01 Å². The number of rotatable bonds is 2. The summed E-state index contributed by atoms with van der Waals surface area (Å²) >= 11 is 1.67. The summed E-state index contributed by atoms with van der Waals surface area (Å²) in [5.74, 6) is 0. The summed E-state index contributed by atoms with van der Waals surface area (Å²) in [6.07, 6.45) is 2.01. The standard InChI is InChI=1S/C10H16N2OS/c1-7(13)8-6-14-10(11-8)9-4-3-5-12(9)2/h6-7,9,13H,3-5H2,1-2H3. The van der Waals surface area contributed by atoms with Gasteiger partial charge in [-0.1, -0.05) is 0 Å². The monoisotopic (exact) mass is 212 g/mol. The number of aliphatic hydroxyl groups excluding tert-OH is 1. The van der Waals surface area contributed by atoms with E-state index in [4.69, 9.17) is 0 Å². The quantitative estimate of drug-likeness (QED) is 0.814. The molecule has 4 heteroatoms. The summed E-state index contributed by atoms with van der Waals surface area (Å²) < 4.78 is 0. The van der Waals surface area contributed by atoms with E-state index in [1.807, 2.05) is 5.38 Å². The first-order chi connectivity index (χ1) is 6.68. The van der Waals surface area contributed by atoms with Crippen LogP contribution in [0.15, 0.2) is 5.38 Å². The molecule has 0 radical (unpaired) electrons. The molecule has 0 aliphatic carbocycles. The summed E-state index contributed by atoms with van der Waals surface area (Å²) in [5, 5.41) is 12.5. The molecule has 0 bridgehead atoms. The van der Waals surface area contributed by atoms with Gasteiger partial charge in [-0.3, -0.25) is 4.90 Å². The van der Waals surface area contributed by atoms with Gasteiger partial charge in [0.05, 0.1) is 17.8 Å². The molecule has 1 saturated heterocycles. The lowest BCUT2D eigenvalue weighted by atomic mass is 10.2. The SMILES string of the molecule is CC(O)c1csc(C2CCCN2C)n1. The molecule has 1 fully saturated rings. The fourth-order valence-electron chi connectivity index (χ4n) is 1.87. The summed E-state index contributed by atoms with van der Waals surface area (Å²) in [6, 6.07) is 0.479. The highest BCUT2D eigenvalue weighted by molar-refractivity contribution is 7.09. The van der Waals surface area contributed by atoms with Gasteiger partial charge in [-0.15, -0.1) is 11.3 Å². The Kier molecular flexibility index (Phi) is 2.85. The average molecular weight is 212 g/mol. The molecule has 0 amide bonds. The van der Waals surface area contributed by atoms with E-state index in [1.165, 1.54) is 12.8 Å². The molecule has 1 aliphatic heterocycles. The van der Waals surface area contributed by atoms with Crippen molar-refractivity contribution in [3.05, 3.63) is 16.1 Å². The van der Waals surface area contributed by atoms with Crippen molar-refractivity contribution in [1.82, 2.24) is 9.88 Å². The molecule has 1 aliphatic rings. The molecule has 0 aromatic carbocycles. The van der Waals surface area contributed by atoms with Gasteiger partial charge in [0.25, 0.3) is 0 Å². The molecule has 0 saturated carbocycles. The van der Waals surface area contributed by atoms with E-state index in [1.54, 1.807) is 18.3 Å². The highest BCUT2D eigenvalue weighted by Gasteiger charge is 2.25. The van der Waals surface area contributed by atoms with Crippen LogP contribution in [0.3, 0.4) is 0 Å². The minimum absolute atomic E-state index is 0.438. The Bertz CT molecular complexity index is 311. The van der Waals surface area contributed by atoms with Crippen LogP contribution in [0.2, 0.25) is 0 Å². The molecular weight excluding hydrogens is 196 g/mol. The molecule has 1 aromatic heterocycles. The number of aromatic nitrogens is 1. The molecule has 0 spiro atoms. The highest BCUT2D eigenvalue weighted by atomic mass is 32.1. The number of thiazole rings is 1. The van der Waals surface area contributed by atoms with E-state index >= 15 is 0 Å². The summed E-state index contributed by atoms with van der Waals surface area (Å²) in [7, 11) is 2.14. The van der Waals surface area contributed by atoms with Crippen molar-refractivity contribution in [2.75, 3.05) is 13.6 Å². The molecule has 1 aromatic rings. The summed E-state index contributed by atoms with van der Waals surface area (Å²) in [4.78, 5) is 6.81. The third kappa shape index (κ3) is 1.82. The molecule has 78 valence electrons. The Balaban J connectivity index is 2.16. The van der Waals surface area contributed by atoms with Crippen molar-refractivity contribution in [2.45, 2.75) is 31.9 Å². The lowest BCUT2D eigenvalue weighted by Gasteiger charge is -2.16. The van der Waals surface area contributed by atoms with Crippen LogP contribution < -0.4 is 0 Å². The van der Waals surface area contributed by atoms with Gasteiger partial charge >= 0.3 is 0 Å². The van der Waals surface area contributed by atoms with Gasteiger partial charge in [-0.2, -0.15) is 0 Å². The van der Waals surface area contributed by atoms with Crippen LogP contribution in [0.4, 0.5) is 0 Å². The second-order valence-electron chi connectivity index (χ2n) is 3.93. The van der Waals surface area contributed by atoms with Crippen molar-refractivity contribution in [1.29, 1.82) is 0 Å². The number of hydrogen-bond acceptors (Lipinski definition) is 4. The fraction of sp³-hybridized carbons (Fsp3) is 0.700. The first-order valence-electron chi connectivity index (χ1n) is 5.02. The lowest BCUT2D eigenvalue weighted by molar-refractivity contribution is 0.194. The van der Waals surface area contributed by atoms with Crippen LogP contribution >= 0.6 is 11.3 Å². The zero-order chi connectivity index (χ0) is 10.1. The second kappa shape index (κ2) is 3.96. The van der Waals surface area contributed by atoms with Crippen molar-refractivity contribution in [3.8, 4) is 0 Å². The smallest absolute Gasteiger partial charge is 0.110 e. The number of likely N-dealkylation sites (tertiary alicyclic amines) is 1. The van der Waals surface area contributed by atoms with E-state index < -0.39 is 6.10 Å². The molecule has 14 heavy (non-hydrogen) atoms. The van der Waals surface area contributed by atoms with Crippen LogP contribution in [0, 0.1) is 0 Å². The van der Waals surface area contributed by atoms with Gasteiger partial charge in [-0.05, 0) is 33.4 Å². The zero-order valence-electron chi connectivity index (χ0n) is 8.60. The molecule has 2 rings (SSSR count). The van der Waals surface area contributed by atoms with E-state index in [0.717, 1.165) is 17.2 Å². The Morgan fingerprint density at radius 1 is 1.71 bits per heavy atom. The topological polar surface area (TPSA) is 36.4 Å². The molecule has 2 unspecified atom stereocenters. The van der Waals surface area contributed by atoms with Crippen molar-refractivity contribution < 1.29 is 5.11 Å². The maximum absolute atomic E-state index is 9.38. The fourth-order valence-corrected chi connectivity index (χ4v) is 2.97. The predicted octanol–water partition coefficient (Wildman–Crippen LogP) is 1.96. The first-order valence-corrected chi connectivity index (χ1v) is 5.90. The maximum Gasteiger partial charge on any atom is 0.110 e. The van der Waals surface area contributed by atoms with Crippen LogP contribution in [0.25, 0.3) is 0 Å². The van der Waals surface area contributed by atoms with Gasteiger partial charge in [-0.25, -0.2) is 4.98 Å². The van der Waals surface area contributed by atoms with Gasteiger partial charge in [0, 0.05) is 5.38 Å². The lowest BCUT2D eigenvalue weighted by Crippen LogP contribution is -2.17. The van der Waals surface area contributed by atoms with Crippen LogP contribution in [-0.2, 0) is 0 Å². The largest absolute Gasteiger partial charge is 0.387 e. The summed E-state index contributed by atoms with van der Waals surface area (Å²) in [5.41, 5.74) is 0.810. The molecule has 2 heterocycles. The number of nitrogens with zero attached hydrogens (tertiary/aromatic N) is 2. The first kappa shape index (κ1) is 10.1. The third-order valence-corrected chi connectivity index (χ3v) is 3.74. The number of aliphatic hydroxyl groups is 1. The Hall–Kier alpha value is -0.450. The van der Waals surface area contributed by atoms with E-state index in [-0.39, 0.29) is 0 Å². The second-order valence-corrected chi connectivity index (χ2v) is 4.81. The Labute approximate surface area is 88.4 Å². The molecule has 2 atom stereocenters. The maximum atomic E-state index is 9.38. The van der Waals surface area contributed by atoms with Gasteiger partial charge < -0.3 is 5.11 Å². The van der Waals surface area contributed by atoms with Gasteiger partial charge in [0.2, 0.25) is 0 Å². The molecule has 3 nitrogen and oxygen atoms in total. The minimum Gasteiger partial charge on any atom is -0.387 e. The van der Waals surface area contributed by atoms with Crippen LogP contribution in [-0.4, -0.2) is 28.6 Å². The van der Waals surface area contributed by atoms with Crippen molar-refractivity contribution >= 4 is 11.3 Å². The van der Waals surface area contributed by atoms with Crippen LogP contribution in [0.1, 0.15) is 42.6 Å².